The molecule has 0 aliphatic heterocycles. The van der Waals surface area contributed by atoms with Gasteiger partial charge in [0.15, 0.2) is 0 Å². The fourth-order valence-electron chi connectivity index (χ4n) is 2.59. The minimum absolute atomic E-state index is 0.210. The summed E-state index contributed by atoms with van der Waals surface area (Å²) in [5.74, 6) is 0.966. The van der Waals surface area contributed by atoms with Gasteiger partial charge in [-0.15, -0.1) is 10.2 Å². The number of nitrogens with zero attached hydrogens (tertiary/aromatic N) is 3. The normalized spacial score (nSPS) is 10.9. The molecule has 0 saturated carbocycles. The lowest BCUT2D eigenvalue weighted by atomic mass is 10.1. The fourth-order valence-corrected chi connectivity index (χ4v) is 3.02. The van der Waals surface area contributed by atoms with Crippen LogP contribution in [-0.2, 0) is 13.0 Å². The predicted molar refractivity (Wildman–Crippen MR) is 95.2 cm³/mol. The number of hydrogen-bond donors (Lipinski definition) is 1. The van der Waals surface area contributed by atoms with Gasteiger partial charge in [0.2, 0.25) is 5.13 Å². The van der Waals surface area contributed by atoms with Crippen LogP contribution in [0.4, 0.5) is 9.93 Å². The van der Waals surface area contributed by atoms with Gasteiger partial charge in [-0.05, 0) is 12.5 Å². The Morgan fingerprint density at radius 1 is 1.38 bits per heavy atom. The standard InChI is InChI=1S/C17H20N4O2S/c1-3-4-8-15-13(12-7-5-6-9-14(12)23-15)10-21(2)17(22)19-16-20-18-11-24-16/h5-7,9,11H,3-4,8,10H2,1-2H3,(H,19,20,22). The van der Waals surface area contributed by atoms with Crippen LogP contribution in [0.3, 0.4) is 0 Å². The molecule has 0 saturated heterocycles. The van der Waals surface area contributed by atoms with Gasteiger partial charge in [-0.1, -0.05) is 42.9 Å². The molecule has 7 heteroatoms. The van der Waals surface area contributed by atoms with E-state index in [1.54, 1.807) is 17.5 Å². The summed E-state index contributed by atoms with van der Waals surface area (Å²) in [7, 11) is 1.77. The van der Waals surface area contributed by atoms with Crippen LogP contribution >= 0.6 is 11.3 Å². The molecule has 2 amide bonds. The number of nitrogens with one attached hydrogen (secondary N) is 1. The minimum atomic E-state index is -0.210. The predicted octanol–water partition coefficient (Wildman–Crippen LogP) is 4.29. The Kier molecular flexibility index (Phi) is 5.10. The summed E-state index contributed by atoms with van der Waals surface area (Å²) in [6.07, 6.45) is 3.05. The van der Waals surface area contributed by atoms with Gasteiger partial charge in [-0.25, -0.2) is 4.79 Å². The molecule has 0 unspecified atom stereocenters. The number of anilines is 1. The molecule has 6 nitrogen and oxygen atoms in total. The smallest absolute Gasteiger partial charge is 0.323 e. The van der Waals surface area contributed by atoms with Crippen LogP contribution in [0, 0.1) is 0 Å². The van der Waals surface area contributed by atoms with Crippen molar-refractivity contribution in [1.29, 1.82) is 0 Å². The first-order chi connectivity index (χ1) is 11.7. The molecular formula is C17H20N4O2S. The van der Waals surface area contributed by atoms with E-state index in [4.69, 9.17) is 4.42 Å². The average Bonchev–Trinajstić information content (AvgIpc) is 3.21. The first-order valence-electron chi connectivity index (χ1n) is 7.96. The lowest BCUT2D eigenvalue weighted by molar-refractivity contribution is 0.220. The Morgan fingerprint density at radius 2 is 2.21 bits per heavy atom. The number of furan rings is 1. The fraction of sp³-hybridized carbons (Fsp3) is 0.353. The van der Waals surface area contributed by atoms with Crippen LogP contribution in [0.1, 0.15) is 31.1 Å². The van der Waals surface area contributed by atoms with Crippen LogP contribution in [0.25, 0.3) is 11.0 Å². The van der Waals surface area contributed by atoms with E-state index in [2.05, 4.69) is 22.4 Å². The Morgan fingerprint density at radius 3 is 2.96 bits per heavy atom. The number of carbonyl (C=O) groups is 1. The molecule has 0 atom stereocenters. The third kappa shape index (κ3) is 3.56. The van der Waals surface area contributed by atoms with Gasteiger partial charge < -0.3 is 9.32 Å². The molecule has 2 heterocycles. The molecule has 0 bridgehead atoms. The molecule has 0 fully saturated rings. The largest absolute Gasteiger partial charge is 0.461 e. The maximum atomic E-state index is 12.3. The first kappa shape index (κ1) is 16.4. The lowest BCUT2D eigenvalue weighted by Crippen LogP contribution is -2.31. The highest BCUT2D eigenvalue weighted by atomic mass is 32.1. The average molecular weight is 344 g/mol. The third-order valence-electron chi connectivity index (χ3n) is 3.86. The van der Waals surface area contributed by atoms with Crippen molar-refractivity contribution < 1.29 is 9.21 Å². The molecule has 0 radical (unpaired) electrons. The summed E-state index contributed by atoms with van der Waals surface area (Å²) in [4.78, 5) is 14.0. The van der Waals surface area contributed by atoms with Crippen LogP contribution in [0.5, 0.6) is 0 Å². The topological polar surface area (TPSA) is 71.3 Å². The van der Waals surface area contributed by atoms with Crippen molar-refractivity contribution in [3.05, 3.63) is 41.1 Å². The monoisotopic (exact) mass is 344 g/mol. The molecule has 126 valence electrons. The number of aryl methyl sites for hydroxylation is 1. The van der Waals surface area contributed by atoms with Gasteiger partial charge in [-0.2, -0.15) is 0 Å². The quantitative estimate of drug-likeness (QED) is 0.724. The molecule has 0 spiro atoms. The zero-order chi connectivity index (χ0) is 16.9. The van der Waals surface area contributed by atoms with E-state index >= 15 is 0 Å². The summed E-state index contributed by atoms with van der Waals surface area (Å²) >= 11 is 1.29. The number of rotatable bonds is 6. The minimum Gasteiger partial charge on any atom is -0.461 e. The van der Waals surface area contributed by atoms with Crippen molar-refractivity contribution in [1.82, 2.24) is 15.1 Å². The van der Waals surface area contributed by atoms with Gasteiger partial charge in [0.1, 0.15) is 16.9 Å². The van der Waals surface area contributed by atoms with Crippen LogP contribution in [-0.4, -0.2) is 28.2 Å². The number of unbranched alkanes of at least 4 members (excludes halogenated alkanes) is 1. The Balaban J connectivity index is 1.80. The van der Waals surface area contributed by atoms with Crippen LogP contribution in [0.15, 0.2) is 34.2 Å². The van der Waals surface area contributed by atoms with E-state index in [0.717, 1.165) is 41.6 Å². The number of amides is 2. The second kappa shape index (κ2) is 7.44. The first-order valence-corrected chi connectivity index (χ1v) is 8.84. The van der Waals surface area contributed by atoms with Crippen molar-refractivity contribution in [2.75, 3.05) is 12.4 Å². The summed E-state index contributed by atoms with van der Waals surface area (Å²) in [6, 6.07) is 7.76. The lowest BCUT2D eigenvalue weighted by Gasteiger charge is -2.17. The van der Waals surface area contributed by atoms with Crippen molar-refractivity contribution in [3.63, 3.8) is 0 Å². The van der Waals surface area contributed by atoms with Crippen molar-refractivity contribution >= 4 is 33.5 Å². The van der Waals surface area contributed by atoms with Gasteiger partial charge in [0, 0.05) is 24.4 Å². The van der Waals surface area contributed by atoms with Gasteiger partial charge in [-0.3, -0.25) is 5.32 Å². The molecule has 1 N–H and O–H groups in total. The third-order valence-corrected chi connectivity index (χ3v) is 4.46. The van der Waals surface area contributed by atoms with E-state index in [0.29, 0.717) is 11.7 Å². The highest BCUT2D eigenvalue weighted by molar-refractivity contribution is 7.13. The zero-order valence-corrected chi connectivity index (χ0v) is 14.6. The summed E-state index contributed by atoms with van der Waals surface area (Å²) in [5, 5.41) is 11.9. The van der Waals surface area contributed by atoms with E-state index in [1.165, 1.54) is 11.3 Å². The van der Waals surface area contributed by atoms with Crippen molar-refractivity contribution in [2.24, 2.45) is 0 Å². The SMILES string of the molecule is CCCCc1oc2ccccc2c1CN(C)C(=O)Nc1nncs1. The number of benzene rings is 1. The molecule has 0 aliphatic rings. The maximum absolute atomic E-state index is 12.3. The number of fused-ring (bicyclic) bond motifs is 1. The second-order valence-corrected chi connectivity index (χ2v) is 6.47. The number of para-hydroxylation sites is 1. The van der Waals surface area contributed by atoms with Crippen molar-refractivity contribution in [3.8, 4) is 0 Å². The number of carbonyl (C=O) groups excluding carboxylic acids is 1. The van der Waals surface area contributed by atoms with Gasteiger partial charge >= 0.3 is 6.03 Å². The summed E-state index contributed by atoms with van der Waals surface area (Å²) < 4.78 is 6.01. The Labute approximate surface area is 144 Å². The van der Waals surface area contributed by atoms with Crippen LogP contribution in [0.2, 0.25) is 0 Å². The van der Waals surface area contributed by atoms with Gasteiger partial charge in [0.25, 0.3) is 0 Å². The molecule has 3 rings (SSSR count). The van der Waals surface area contributed by atoms with E-state index in [-0.39, 0.29) is 6.03 Å². The summed E-state index contributed by atoms with van der Waals surface area (Å²) in [5.41, 5.74) is 3.53. The van der Waals surface area contributed by atoms with E-state index in [1.807, 2.05) is 24.3 Å². The van der Waals surface area contributed by atoms with E-state index in [9.17, 15) is 4.79 Å². The molecule has 24 heavy (non-hydrogen) atoms. The maximum Gasteiger partial charge on any atom is 0.323 e. The number of urea groups is 1. The molecule has 3 aromatic rings. The second-order valence-electron chi connectivity index (χ2n) is 5.63. The van der Waals surface area contributed by atoms with Crippen LogP contribution < -0.4 is 5.32 Å². The Hall–Kier alpha value is -2.41. The van der Waals surface area contributed by atoms with Gasteiger partial charge in [0.05, 0.1) is 6.54 Å². The molecular weight excluding hydrogens is 324 g/mol. The molecule has 1 aromatic carbocycles. The number of aromatic nitrogens is 2. The zero-order valence-electron chi connectivity index (χ0n) is 13.8. The molecule has 2 aromatic heterocycles. The summed E-state index contributed by atoms with van der Waals surface area (Å²) in [6.45, 7) is 2.64. The highest BCUT2D eigenvalue weighted by Gasteiger charge is 2.18. The highest BCUT2D eigenvalue weighted by Crippen LogP contribution is 2.28. The Bertz CT molecular complexity index is 813. The molecule has 0 aliphatic carbocycles. The van der Waals surface area contributed by atoms with E-state index < -0.39 is 0 Å². The number of hydrogen-bond acceptors (Lipinski definition) is 5. The van der Waals surface area contributed by atoms with Crippen molar-refractivity contribution in [2.45, 2.75) is 32.7 Å².